The molecule has 9 heteroatoms. The van der Waals surface area contributed by atoms with Gasteiger partial charge < -0.3 is 20.5 Å². The summed E-state index contributed by atoms with van der Waals surface area (Å²) in [5.41, 5.74) is 7.19. The molecule has 4 rings (SSSR count). The van der Waals surface area contributed by atoms with Crippen molar-refractivity contribution >= 4 is 34.0 Å². The Kier molecular flexibility index (Phi) is 7.03. The molecular weight excluding hydrogens is 440 g/mol. The molecule has 4 heterocycles. The van der Waals surface area contributed by atoms with E-state index in [4.69, 9.17) is 26.8 Å². The number of rotatable bonds is 7. The van der Waals surface area contributed by atoms with Crippen molar-refractivity contribution in [3.05, 3.63) is 71.4 Å². The molecule has 0 fully saturated rings. The fraction of sp³-hybridized carbons (Fsp3) is 0.167. The highest BCUT2D eigenvalue weighted by atomic mass is 35.5. The fourth-order valence-electron chi connectivity index (χ4n) is 3.05. The van der Waals surface area contributed by atoms with Crippen molar-refractivity contribution in [1.29, 1.82) is 0 Å². The highest BCUT2D eigenvalue weighted by Crippen LogP contribution is 2.24. The van der Waals surface area contributed by atoms with Gasteiger partial charge in [-0.25, -0.2) is 19.9 Å². The highest BCUT2D eigenvalue weighted by molar-refractivity contribution is 6.29. The Hall–Kier alpha value is -4.09. The predicted octanol–water partition coefficient (Wildman–Crippen LogP) is 3.94. The molecule has 166 valence electrons. The molecule has 33 heavy (non-hydrogen) atoms. The molecule has 4 aromatic rings. The third kappa shape index (κ3) is 5.79. The fourth-order valence-corrected chi connectivity index (χ4v) is 3.20. The van der Waals surface area contributed by atoms with Crippen molar-refractivity contribution in [3.63, 3.8) is 0 Å². The third-order valence-electron chi connectivity index (χ3n) is 4.58. The quantitative estimate of drug-likeness (QED) is 0.242. The molecule has 0 atom stereocenters. The summed E-state index contributed by atoms with van der Waals surface area (Å²) in [5, 5.41) is 5.17. The molecule has 8 nitrogen and oxygen atoms in total. The van der Waals surface area contributed by atoms with Crippen molar-refractivity contribution in [2.45, 2.75) is 6.42 Å². The molecular formula is C24H21ClN6O2. The van der Waals surface area contributed by atoms with E-state index in [9.17, 15) is 0 Å². The number of nitrogen functional groups attached to an aromatic ring is 1. The van der Waals surface area contributed by atoms with E-state index in [2.05, 4.69) is 37.1 Å². The predicted molar refractivity (Wildman–Crippen MR) is 129 cm³/mol. The Bertz CT molecular complexity index is 1340. The van der Waals surface area contributed by atoms with Crippen molar-refractivity contribution in [2.24, 2.45) is 0 Å². The number of fused-ring (bicyclic) bond motifs is 1. The summed E-state index contributed by atoms with van der Waals surface area (Å²) >= 11 is 5.85. The van der Waals surface area contributed by atoms with Crippen LogP contribution in [-0.4, -0.2) is 40.2 Å². The first-order valence-electron chi connectivity index (χ1n) is 10.2. The Morgan fingerprint density at radius 1 is 1.00 bits per heavy atom. The Balaban J connectivity index is 1.40. The number of aromatic nitrogens is 4. The van der Waals surface area contributed by atoms with E-state index in [0.29, 0.717) is 53.7 Å². The maximum Gasteiger partial charge on any atom is 0.214 e. The molecule has 0 spiro atoms. The minimum absolute atomic E-state index is 0.399. The van der Waals surface area contributed by atoms with Crippen LogP contribution in [0.15, 0.2) is 55.0 Å². The van der Waals surface area contributed by atoms with Crippen LogP contribution in [0.5, 0.6) is 11.6 Å². The summed E-state index contributed by atoms with van der Waals surface area (Å²) in [4.78, 5) is 16.9. The number of nitrogens with one attached hydrogen (secondary N) is 1. The van der Waals surface area contributed by atoms with Gasteiger partial charge in [-0.3, -0.25) is 0 Å². The second-order valence-corrected chi connectivity index (χ2v) is 7.29. The van der Waals surface area contributed by atoms with Gasteiger partial charge in [-0.2, -0.15) is 0 Å². The number of halogens is 1. The summed E-state index contributed by atoms with van der Waals surface area (Å²) in [7, 11) is 1.80. The number of nitrogens with two attached hydrogens (primary N) is 1. The van der Waals surface area contributed by atoms with E-state index >= 15 is 0 Å². The number of anilines is 2. The topological polar surface area (TPSA) is 108 Å². The zero-order valence-electron chi connectivity index (χ0n) is 17.9. The Morgan fingerprint density at radius 2 is 1.88 bits per heavy atom. The van der Waals surface area contributed by atoms with Crippen LogP contribution in [0.25, 0.3) is 10.8 Å². The monoisotopic (exact) mass is 460 g/mol. The molecule has 0 aliphatic rings. The van der Waals surface area contributed by atoms with E-state index in [0.717, 1.165) is 16.3 Å². The third-order valence-corrected chi connectivity index (χ3v) is 4.79. The van der Waals surface area contributed by atoms with E-state index in [-0.39, 0.29) is 0 Å². The minimum atomic E-state index is 0.399. The minimum Gasteiger partial charge on any atom is -0.493 e. The van der Waals surface area contributed by atoms with Crippen LogP contribution in [0.3, 0.4) is 0 Å². The van der Waals surface area contributed by atoms with Crippen molar-refractivity contribution < 1.29 is 9.47 Å². The van der Waals surface area contributed by atoms with Gasteiger partial charge in [0, 0.05) is 55.0 Å². The van der Waals surface area contributed by atoms with E-state index in [1.807, 2.05) is 0 Å². The van der Waals surface area contributed by atoms with Crippen molar-refractivity contribution in [1.82, 2.24) is 19.9 Å². The molecule has 3 N–H and O–H groups in total. The maximum atomic E-state index is 5.87. The van der Waals surface area contributed by atoms with Gasteiger partial charge in [-0.05, 0) is 24.1 Å². The van der Waals surface area contributed by atoms with Crippen LogP contribution < -0.4 is 20.5 Å². The Labute approximate surface area is 196 Å². The molecule has 0 radical (unpaired) electrons. The van der Waals surface area contributed by atoms with Crippen LogP contribution in [-0.2, 0) is 0 Å². The second-order valence-electron chi connectivity index (χ2n) is 6.90. The number of ether oxygens (including phenoxy) is 2. The first kappa shape index (κ1) is 22.1. The van der Waals surface area contributed by atoms with Crippen LogP contribution in [0.4, 0.5) is 11.6 Å². The van der Waals surface area contributed by atoms with Crippen LogP contribution in [0.1, 0.15) is 17.7 Å². The Morgan fingerprint density at radius 3 is 2.73 bits per heavy atom. The average Bonchev–Trinajstić information content (AvgIpc) is 2.82. The molecule has 0 aromatic carbocycles. The molecule has 0 saturated heterocycles. The van der Waals surface area contributed by atoms with E-state index in [1.165, 1.54) is 0 Å². The molecule has 0 saturated carbocycles. The number of hydrogen-bond donors (Lipinski definition) is 2. The molecule has 0 unspecified atom stereocenters. The maximum absolute atomic E-state index is 5.87. The van der Waals surface area contributed by atoms with Gasteiger partial charge in [0.15, 0.2) is 0 Å². The number of nitrogens with zero attached hydrogens (tertiary/aromatic N) is 4. The van der Waals surface area contributed by atoms with Gasteiger partial charge in [-0.1, -0.05) is 23.6 Å². The average molecular weight is 461 g/mol. The molecule has 0 aliphatic heterocycles. The largest absolute Gasteiger partial charge is 0.493 e. The summed E-state index contributed by atoms with van der Waals surface area (Å²) < 4.78 is 11.4. The zero-order chi connectivity index (χ0) is 23.0. The standard InChI is InChI=1S/C24H21ClN6O2/c1-27-24-20-15-29-22(26)13-19(20)16(14-30-24)6-7-17-12-18(8-9-28-17)32-10-3-11-33-23-5-2-4-21(25)31-23/h2,4-5,8-9,12-15H,3,10-11H2,1H3,(H2,26,29)(H,27,30). The van der Waals surface area contributed by atoms with Crippen LogP contribution >= 0.6 is 11.6 Å². The SMILES string of the molecule is CNc1ncc(C#Cc2cc(OCCCOc3cccc(Cl)n3)ccn2)c2cc(N)ncc12. The molecule has 4 aromatic heterocycles. The number of hydrogen-bond acceptors (Lipinski definition) is 8. The summed E-state index contributed by atoms with van der Waals surface area (Å²) in [6.45, 7) is 0.940. The van der Waals surface area contributed by atoms with Gasteiger partial charge in [0.2, 0.25) is 5.88 Å². The second kappa shape index (κ2) is 10.5. The van der Waals surface area contributed by atoms with Gasteiger partial charge in [0.1, 0.15) is 28.2 Å². The van der Waals surface area contributed by atoms with Crippen molar-refractivity contribution in [3.8, 4) is 23.5 Å². The highest BCUT2D eigenvalue weighted by Gasteiger charge is 2.07. The lowest BCUT2D eigenvalue weighted by molar-refractivity contribution is 0.242. The van der Waals surface area contributed by atoms with Crippen molar-refractivity contribution in [2.75, 3.05) is 31.3 Å². The van der Waals surface area contributed by atoms with Crippen LogP contribution in [0.2, 0.25) is 5.15 Å². The molecule has 0 amide bonds. The lowest BCUT2D eigenvalue weighted by Crippen LogP contribution is -2.06. The first-order chi connectivity index (χ1) is 16.1. The smallest absolute Gasteiger partial charge is 0.214 e. The van der Waals surface area contributed by atoms with E-state index in [1.54, 1.807) is 62.0 Å². The lowest BCUT2D eigenvalue weighted by Gasteiger charge is -2.08. The van der Waals surface area contributed by atoms with Gasteiger partial charge in [0.25, 0.3) is 0 Å². The summed E-state index contributed by atoms with van der Waals surface area (Å²) in [6.07, 6.45) is 5.74. The first-order valence-corrected chi connectivity index (χ1v) is 10.6. The normalized spacial score (nSPS) is 10.4. The summed E-state index contributed by atoms with van der Waals surface area (Å²) in [5.74, 6) is 8.50. The van der Waals surface area contributed by atoms with Gasteiger partial charge >= 0.3 is 0 Å². The zero-order valence-corrected chi connectivity index (χ0v) is 18.6. The molecule has 0 aliphatic carbocycles. The van der Waals surface area contributed by atoms with E-state index < -0.39 is 0 Å². The summed E-state index contributed by atoms with van der Waals surface area (Å²) in [6, 6.07) is 10.6. The van der Waals surface area contributed by atoms with Crippen LogP contribution in [0, 0.1) is 11.8 Å². The lowest BCUT2D eigenvalue weighted by atomic mass is 10.1. The van der Waals surface area contributed by atoms with Gasteiger partial charge in [0.05, 0.1) is 18.8 Å². The molecule has 0 bridgehead atoms. The van der Waals surface area contributed by atoms with Gasteiger partial charge in [-0.15, -0.1) is 0 Å². The number of pyridine rings is 4.